The number of carbonyl (C=O) groups is 1. The average Bonchev–Trinajstić information content (AvgIpc) is 3.15. The first-order valence-electron chi connectivity index (χ1n) is 8.33. The molecule has 1 aromatic carbocycles. The fourth-order valence-electron chi connectivity index (χ4n) is 3.06. The van der Waals surface area contributed by atoms with Crippen LogP contribution < -0.4 is 4.90 Å². The predicted octanol–water partition coefficient (Wildman–Crippen LogP) is 2.37. The Labute approximate surface area is 150 Å². The highest BCUT2D eigenvalue weighted by molar-refractivity contribution is 5.95. The van der Waals surface area contributed by atoms with Gasteiger partial charge in [-0.2, -0.15) is 0 Å². The van der Waals surface area contributed by atoms with Crippen LogP contribution in [0.1, 0.15) is 16.1 Å². The van der Waals surface area contributed by atoms with E-state index in [-0.39, 0.29) is 11.7 Å². The molecule has 7 nitrogen and oxygen atoms in total. The number of hydrogen-bond donors (Lipinski definition) is 1. The van der Waals surface area contributed by atoms with Crippen molar-refractivity contribution in [3.63, 3.8) is 0 Å². The van der Waals surface area contributed by atoms with Gasteiger partial charge in [-0.05, 0) is 24.3 Å². The van der Waals surface area contributed by atoms with Crippen LogP contribution in [-0.4, -0.2) is 44.8 Å². The summed E-state index contributed by atoms with van der Waals surface area (Å²) in [5, 5.41) is 9.55. The third-order valence-corrected chi connectivity index (χ3v) is 4.38. The van der Waals surface area contributed by atoms with E-state index in [1.165, 1.54) is 0 Å². The number of hydrogen-bond acceptors (Lipinski definition) is 5. The number of anilines is 1. The summed E-state index contributed by atoms with van der Waals surface area (Å²) in [6.45, 7) is 1.83. The number of benzene rings is 1. The minimum absolute atomic E-state index is 0.0861. The summed E-state index contributed by atoms with van der Waals surface area (Å²) in [6.07, 6.45) is 8.76. The third-order valence-electron chi connectivity index (χ3n) is 4.38. The van der Waals surface area contributed by atoms with Crippen LogP contribution in [0.3, 0.4) is 0 Å². The Balaban J connectivity index is 1.49. The first-order chi connectivity index (χ1) is 12.7. The van der Waals surface area contributed by atoms with Crippen LogP contribution in [0, 0.1) is 0 Å². The molecule has 1 saturated heterocycles. The summed E-state index contributed by atoms with van der Waals surface area (Å²) >= 11 is 0. The molecule has 0 unspecified atom stereocenters. The lowest BCUT2D eigenvalue weighted by atomic mass is 10.1. The van der Waals surface area contributed by atoms with Gasteiger partial charge in [-0.1, -0.05) is 6.07 Å². The van der Waals surface area contributed by atoms with E-state index in [2.05, 4.69) is 14.9 Å². The Bertz CT molecular complexity index is 890. The minimum atomic E-state index is -0.938. The smallest absolute Gasteiger partial charge is 0.337 e. The standard InChI is InChI=1S/C19H18N4O3/c24-19(25)16-4-3-5-17(18(16)22-8-1-2-9-22)23-11-15(12-23)26-13-14-10-20-6-7-21-14/h1-10,15H,11-13H2,(H,24,25). The van der Waals surface area contributed by atoms with Crippen LogP contribution in [0.4, 0.5) is 5.69 Å². The van der Waals surface area contributed by atoms with Crippen molar-refractivity contribution in [1.82, 2.24) is 14.5 Å². The lowest BCUT2D eigenvalue weighted by Gasteiger charge is -2.41. The zero-order valence-electron chi connectivity index (χ0n) is 14.0. The topological polar surface area (TPSA) is 80.5 Å². The predicted molar refractivity (Wildman–Crippen MR) is 95.6 cm³/mol. The van der Waals surface area contributed by atoms with Crippen LogP contribution >= 0.6 is 0 Å². The number of nitrogens with zero attached hydrogens (tertiary/aromatic N) is 4. The van der Waals surface area contributed by atoms with Gasteiger partial charge in [-0.25, -0.2) is 4.79 Å². The van der Waals surface area contributed by atoms with Gasteiger partial charge in [0.15, 0.2) is 0 Å². The van der Waals surface area contributed by atoms with Crippen molar-refractivity contribution < 1.29 is 14.6 Å². The number of para-hydroxylation sites is 1. The third kappa shape index (κ3) is 3.16. The Morgan fingerprint density at radius 2 is 2.00 bits per heavy atom. The molecule has 0 bridgehead atoms. The zero-order valence-corrected chi connectivity index (χ0v) is 14.0. The van der Waals surface area contributed by atoms with Crippen molar-refractivity contribution in [3.8, 4) is 5.69 Å². The molecule has 1 N–H and O–H groups in total. The maximum Gasteiger partial charge on any atom is 0.337 e. The molecule has 1 aliphatic heterocycles. The van der Waals surface area contributed by atoms with E-state index in [9.17, 15) is 9.90 Å². The van der Waals surface area contributed by atoms with Crippen LogP contribution in [-0.2, 0) is 11.3 Å². The summed E-state index contributed by atoms with van der Waals surface area (Å²) in [4.78, 5) is 22.0. The lowest BCUT2D eigenvalue weighted by Crippen LogP contribution is -2.52. The molecule has 0 spiro atoms. The molecule has 0 saturated carbocycles. The number of aromatic nitrogens is 3. The molecule has 1 fully saturated rings. The van der Waals surface area contributed by atoms with E-state index in [4.69, 9.17) is 4.74 Å². The van der Waals surface area contributed by atoms with Crippen LogP contribution in [0.25, 0.3) is 5.69 Å². The normalized spacial score (nSPS) is 14.2. The maximum atomic E-state index is 11.7. The first-order valence-corrected chi connectivity index (χ1v) is 8.33. The summed E-state index contributed by atoms with van der Waals surface area (Å²) < 4.78 is 7.70. The van der Waals surface area contributed by atoms with Crippen LogP contribution in [0.2, 0.25) is 0 Å². The molecule has 132 valence electrons. The molecule has 1 aliphatic rings. The van der Waals surface area contributed by atoms with Gasteiger partial charge < -0.3 is 19.3 Å². The second-order valence-corrected chi connectivity index (χ2v) is 6.10. The second-order valence-electron chi connectivity index (χ2n) is 6.10. The van der Waals surface area contributed by atoms with Crippen molar-refractivity contribution >= 4 is 11.7 Å². The summed E-state index contributed by atoms with van der Waals surface area (Å²) in [5.74, 6) is -0.938. The molecular formula is C19H18N4O3. The quantitative estimate of drug-likeness (QED) is 0.735. The number of rotatable bonds is 6. The van der Waals surface area contributed by atoms with Gasteiger partial charge >= 0.3 is 5.97 Å². The number of carboxylic acid groups (broad SMARTS) is 1. The van der Waals surface area contributed by atoms with Crippen molar-refractivity contribution in [2.24, 2.45) is 0 Å². The van der Waals surface area contributed by atoms with Crippen LogP contribution in [0.5, 0.6) is 0 Å². The van der Waals surface area contributed by atoms with Crippen LogP contribution in [0.15, 0.2) is 61.3 Å². The first kappa shape index (κ1) is 16.3. The number of ether oxygens (including phenoxy) is 1. The molecule has 0 radical (unpaired) electrons. The van der Waals surface area contributed by atoms with E-state index < -0.39 is 5.97 Å². The largest absolute Gasteiger partial charge is 0.478 e. The van der Waals surface area contributed by atoms with Gasteiger partial charge in [0.1, 0.15) is 0 Å². The van der Waals surface area contributed by atoms with Gasteiger partial charge in [0.25, 0.3) is 0 Å². The molecule has 3 heterocycles. The Morgan fingerprint density at radius 3 is 2.69 bits per heavy atom. The van der Waals surface area contributed by atoms with E-state index in [1.807, 2.05) is 35.2 Å². The van der Waals surface area contributed by atoms with E-state index >= 15 is 0 Å². The molecule has 0 atom stereocenters. The molecule has 2 aromatic heterocycles. The highest BCUT2D eigenvalue weighted by atomic mass is 16.5. The number of aromatic carboxylic acids is 1. The Kier molecular flexibility index (Phi) is 4.37. The van der Waals surface area contributed by atoms with Crippen molar-refractivity contribution in [3.05, 3.63) is 72.6 Å². The van der Waals surface area contributed by atoms with Crippen molar-refractivity contribution in [1.29, 1.82) is 0 Å². The molecule has 26 heavy (non-hydrogen) atoms. The lowest BCUT2D eigenvalue weighted by molar-refractivity contribution is 0.0206. The maximum absolute atomic E-state index is 11.7. The van der Waals surface area contributed by atoms with Gasteiger partial charge in [0, 0.05) is 37.9 Å². The van der Waals surface area contributed by atoms with E-state index in [0.717, 1.165) is 11.4 Å². The summed E-state index contributed by atoms with van der Waals surface area (Å²) in [5.41, 5.74) is 2.65. The van der Waals surface area contributed by atoms with Gasteiger partial charge in [-0.15, -0.1) is 0 Å². The average molecular weight is 350 g/mol. The zero-order chi connectivity index (χ0) is 17.9. The van der Waals surface area contributed by atoms with E-state index in [1.54, 1.807) is 30.7 Å². The fraction of sp³-hybridized carbons (Fsp3) is 0.211. The van der Waals surface area contributed by atoms with E-state index in [0.29, 0.717) is 25.4 Å². The Hall–Kier alpha value is -3.19. The van der Waals surface area contributed by atoms with Gasteiger partial charge in [0.05, 0.1) is 41.5 Å². The molecule has 7 heteroatoms. The molecular weight excluding hydrogens is 332 g/mol. The number of carboxylic acids is 1. The monoisotopic (exact) mass is 350 g/mol. The summed E-state index contributed by atoms with van der Waals surface area (Å²) in [6, 6.07) is 9.11. The molecule has 3 aromatic rings. The van der Waals surface area contributed by atoms with Crippen molar-refractivity contribution in [2.75, 3.05) is 18.0 Å². The Morgan fingerprint density at radius 1 is 1.19 bits per heavy atom. The highest BCUT2D eigenvalue weighted by Gasteiger charge is 2.31. The van der Waals surface area contributed by atoms with Gasteiger partial charge in [-0.3, -0.25) is 9.97 Å². The summed E-state index contributed by atoms with van der Waals surface area (Å²) in [7, 11) is 0. The molecule has 0 amide bonds. The molecule has 0 aliphatic carbocycles. The second kappa shape index (κ2) is 6.97. The SMILES string of the molecule is O=C(O)c1cccc(N2CC(OCc3cnccn3)C2)c1-n1cccc1. The van der Waals surface area contributed by atoms with Crippen molar-refractivity contribution in [2.45, 2.75) is 12.7 Å². The fourth-order valence-corrected chi connectivity index (χ4v) is 3.06. The molecule has 4 rings (SSSR count). The highest BCUT2D eigenvalue weighted by Crippen LogP contribution is 2.32. The van der Waals surface area contributed by atoms with Gasteiger partial charge in [0.2, 0.25) is 0 Å². The minimum Gasteiger partial charge on any atom is -0.478 e.